The third-order valence-electron chi connectivity index (χ3n) is 5.78. The summed E-state index contributed by atoms with van der Waals surface area (Å²) >= 11 is 0. The lowest BCUT2D eigenvalue weighted by Crippen LogP contribution is -2.45. The van der Waals surface area contributed by atoms with Crippen LogP contribution in [0, 0.1) is 5.41 Å². The fraction of sp³-hybridized carbons (Fsp3) is 0.667. The molecule has 0 radical (unpaired) electrons. The maximum Gasteiger partial charge on any atom is 0.0837 e. The summed E-state index contributed by atoms with van der Waals surface area (Å²) in [6.45, 7) is 3.67. The number of fused-ring (bicyclic) bond motifs is 1. The number of ether oxygens (including phenoxy) is 1. The normalized spacial score (nSPS) is 28.9. The molecule has 22 heavy (non-hydrogen) atoms. The van der Waals surface area contributed by atoms with Crippen LogP contribution in [0.1, 0.15) is 42.9 Å². The van der Waals surface area contributed by atoms with E-state index < -0.39 is 0 Å². The van der Waals surface area contributed by atoms with Gasteiger partial charge in [-0.2, -0.15) is 5.06 Å². The zero-order chi connectivity index (χ0) is 15.0. The van der Waals surface area contributed by atoms with Crippen LogP contribution in [-0.2, 0) is 16.0 Å². The maximum absolute atomic E-state index is 6.61. The van der Waals surface area contributed by atoms with Gasteiger partial charge >= 0.3 is 0 Å². The first kappa shape index (κ1) is 14.6. The Hall–Kier alpha value is -0.940. The molecule has 0 bridgehead atoms. The molecular weight excluding hydrogens is 276 g/mol. The van der Waals surface area contributed by atoms with Gasteiger partial charge in [-0.3, -0.25) is 4.84 Å². The van der Waals surface area contributed by atoms with Gasteiger partial charge in [-0.05, 0) is 48.6 Å². The van der Waals surface area contributed by atoms with E-state index in [1.165, 1.54) is 11.1 Å². The summed E-state index contributed by atoms with van der Waals surface area (Å²) in [6, 6.07) is 8.89. The van der Waals surface area contributed by atoms with Crippen molar-refractivity contribution in [3.8, 4) is 0 Å². The van der Waals surface area contributed by atoms with Crippen LogP contribution in [0.2, 0.25) is 0 Å². The average Bonchev–Trinajstić information content (AvgIpc) is 2.84. The van der Waals surface area contributed by atoms with Gasteiger partial charge in [-0.25, -0.2) is 0 Å². The van der Waals surface area contributed by atoms with Gasteiger partial charge in [0.1, 0.15) is 0 Å². The summed E-state index contributed by atoms with van der Waals surface area (Å²) in [7, 11) is 0. The molecule has 3 aliphatic rings. The van der Waals surface area contributed by atoms with Crippen LogP contribution in [0.15, 0.2) is 24.3 Å². The second-order valence-electron chi connectivity index (χ2n) is 7.06. The largest absolute Gasteiger partial charge is 0.381 e. The molecular formula is C18H26N2O2. The van der Waals surface area contributed by atoms with Crippen LogP contribution in [0.25, 0.3) is 0 Å². The predicted molar refractivity (Wildman–Crippen MR) is 85.2 cm³/mol. The topological polar surface area (TPSA) is 47.7 Å². The summed E-state index contributed by atoms with van der Waals surface area (Å²) in [4.78, 5) is 6.16. The van der Waals surface area contributed by atoms with Crippen molar-refractivity contribution in [1.29, 1.82) is 0 Å². The van der Waals surface area contributed by atoms with Crippen LogP contribution in [-0.4, -0.2) is 37.5 Å². The van der Waals surface area contributed by atoms with Crippen molar-refractivity contribution in [2.24, 2.45) is 11.1 Å². The fourth-order valence-electron chi connectivity index (χ4n) is 4.33. The number of hydroxylamine groups is 2. The lowest BCUT2D eigenvalue weighted by Gasteiger charge is -2.42. The Balaban J connectivity index is 1.38. The molecule has 2 aliphatic heterocycles. The number of benzene rings is 1. The van der Waals surface area contributed by atoms with Crippen LogP contribution in [0.3, 0.4) is 0 Å². The van der Waals surface area contributed by atoms with Gasteiger partial charge in [0.25, 0.3) is 0 Å². The molecule has 1 unspecified atom stereocenters. The summed E-state index contributed by atoms with van der Waals surface area (Å²) in [5.41, 5.74) is 9.67. The number of hydrogen-bond acceptors (Lipinski definition) is 4. The molecule has 2 fully saturated rings. The first-order chi connectivity index (χ1) is 10.8. The molecule has 1 spiro atoms. The van der Waals surface area contributed by atoms with E-state index in [9.17, 15) is 0 Å². The van der Waals surface area contributed by atoms with Crippen molar-refractivity contribution >= 4 is 0 Å². The highest BCUT2D eigenvalue weighted by molar-refractivity contribution is 5.38. The number of rotatable bonds is 2. The summed E-state index contributed by atoms with van der Waals surface area (Å²) in [5, 5.41) is 2.18. The summed E-state index contributed by atoms with van der Waals surface area (Å²) in [6.07, 6.45) is 5.78. The molecule has 2 N–H and O–H groups in total. The minimum atomic E-state index is 0.189. The van der Waals surface area contributed by atoms with Crippen LogP contribution >= 0.6 is 0 Å². The molecule has 1 atom stereocenters. The SMILES string of the molecule is NC1c2ccccc2CC12CCN(OC1CCOCC1)CC2. The lowest BCUT2D eigenvalue weighted by atomic mass is 9.73. The highest BCUT2D eigenvalue weighted by atomic mass is 16.7. The van der Waals surface area contributed by atoms with Gasteiger partial charge in [0.15, 0.2) is 0 Å². The zero-order valence-corrected chi connectivity index (χ0v) is 13.2. The number of nitrogens with two attached hydrogens (primary N) is 1. The second-order valence-corrected chi connectivity index (χ2v) is 7.06. The van der Waals surface area contributed by atoms with Crippen molar-refractivity contribution in [1.82, 2.24) is 5.06 Å². The standard InChI is InChI=1S/C18H26N2O2/c19-17-16-4-2-1-3-14(16)13-18(17)7-9-20(10-8-18)22-15-5-11-21-12-6-15/h1-4,15,17H,5-13,19H2. The van der Waals surface area contributed by atoms with E-state index in [4.69, 9.17) is 15.3 Å². The molecule has 1 aromatic rings. The summed E-state index contributed by atoms with van der Waals surface area (Å²) < 4.78 is 5.40. The lowest BCUT2D eigenvalue weighted by molar-refractivity contribution is -0.231. The summed E-state index contributed by atoms with van der Waals surface area (Å²) in [5.74, 6) is 0. The van der Waals surface area contributed by atoms with Crippen LogP contribution in [0.4, 0.5) is 0 Å². The predicted octanol–water partition coefficient (Wildman–Crippen LogP) is 2.44. The number of hydrogen-bond donors (Lipinski definition) is 1. The van der Waals surface area contributed by atoms with E-state index >= 15 is 0 Å². The molecule has 4 rings (SSSR count). The Morgan fingerprint density at radius 3 is 2.59 bits per heavy atom. The molecule has 1 aliphatic carbocycles. The highest BCUT2D eigenvalue weighted by Crippen LogP contribution is 2.50. The third kappa shape index (κ3) is 2.58. The Kier molecular flexibility index (Phi) is 3.95. The maximum atomic E-state index is 6.61. The molecule has 0 aromatic heterocycles. The Morgan fingerprint density at radius 1 is 1.14 bits per heavy atom. The monoisotopic (exact) mass is 302 g/mol. The van der Waals surface area contributed by atoms with Gasteiger partial charge in [0, 0.05) is 32.3 Å². The van der Waals surface area contributed by atoms with Crippen molar-refractivity contribution in [3.63, 3.8) is 0 Å². The third-order valence-corrected chi connectivity index (χ3v) is 5.78. The second kappa shape index (κ2) is 5.93. The smallest absolute Gasteiger partial charge is 0.0837 e. The average molecular weight is 302 g/mol. The quantitative estimate of drug-likeness (QED) is 0.911. The van der Waals surface area contributed by atoms with E-state index in [0.29, 0.717) is 6.10 Å². The first-order valence-corrected chi connectivity index (χ1v) is 8.60. The minimum Gasteiger partial charge on any atom is -0.381 e. The Labute approximate surface area is 132 Å². The van der Waals surface area contributed by atoms with Crippen LogP contribution in [0.5, 0.6) is 0 Å². The molecule has 0 amide bonds. The van der Waals surface area contributed by atoms with E-state index in [-0.39, 0.29) is 11.5 Å². The highest BCUT2D eigenvalue weighted by Gasteiger charge is 2.46. The van der Waals surface area contributed by atoms with Crippen LogP contribution < -0.4 is 5.73 Å². The number of piperidine rings is 1. The molecule has 4 nitrogen and oxygen atoms in total. The zero-order valence-electron chi connectivity index (χ0n) is 13.2. The van der Waals surface area contributed by atoms with Crippen molar-refractivity contribution in [3.05, 3.63) is 35.4 Å². The molecule has 120 valence electrons. The molecule has 1 aromatic carbocycles. The Bertz CT molecular complexity index is 520. The van der Waals surface area contributed by atoms with Gasteiger partial charge < -0.3 is 10.5 Å². The minimum absolute atomic E-state index is 0.189. The van der Waals surface area contributed by atoms with Crippen molar-refractivity contribution < 1.29 is 9.57 Å². The molecule has 2 saturated heterocycles. The van der Waals surface area contributed by atoms with Gasteiger partial charge in [-0.1, -0.05) is 24.3 Å². The Morgan fingerprint density at radius 2 is 1.86 bits per heavy atom. The molecule has 2 heterocycles. The number of nitrogens with zero attached hydrogens (tertiary/aromatic N) is 1. The van der Waals surface area contributed by atoms with Gasteiger partial charge in [0.2, 0.25) is 0 Å². The molecule has 0 saturated carbocycles. The van der Waals surface area contributed by atoms with E-state index in [1.807, 2.05) is 0 Å². The van der Waals surface area contributed by atoms with E-state index in [1.54, 1.807) is 0 Å². The van der Waals surface area contributed by atoms with Crippen molar-refractivity contribution in [2.45, 2.75) is 44.2 Å². The van der Waals surface area contributed by atoms with E-state index in [2.05, 4.69) is 29.3 Å². The van der Waals surface area contributed by atoms with Gasteiger partial charge in [-0.15, -0.1) is 0 Å². The van der Waals surface area contributed by atoms with Gasteiger partial charge in [0.05, 0.1) is 6.10 Å². The molecule has 4 heteroatoms. The van der Waals surface area contributed by atoms with Crippen molar-refractivity contribution in [2.75, 3.05) is 26.3 Å². The van der Waals surface area contributed by atoms with E-state index in [0.717, 1.165) is 58.4 Å². The fourth-order valence-corrected chi connectivity index (χ4v) is 4.33. The first-order valence-electron chi connectivity index (χ1n) is 8.60.